The lowest BCUT2D eigenvalue weighted by molar-refractivity contribution is -0.126. The standard InChI is InChI=1S/C10H19N3O3/c1-7-8(4-6-16-7)10(14)12-5-2-3-9(11)13-15/h7-8,15H,2-6H2,1H3,(H2,11,13)(H,12,14). The van der Waals surface area contributed by atoms with Gasteiger partial charge in [-0.3, -0.25) is 4.79 Å². The van der Waals surface area contributed by atoms with E-state index >= 15 is 0 Å². The summed E-state index contributed by atoms with van der Waals surface area (Å²) in [5.41, 5.74) is 5.30. The number of carbonyl (C=O) groups excluding carboxylic acids is 1. The van der Waals surface area contributed by atoms with Crippen LogP contribution in [0.4, 0.5) is 0 Å². The van der Waals surface area contributed by atoms with Gasteiger partial charge < -0.3 is 21.0 Å². The van der Waals surface area contributed by atoms with Gasteiger partial charge in [0.1, 0.15) is 5.84 Å². The molecule has 6 heteroatoms. The largest absolute Gasteiger partial charge is 0.409 e. The van der Waals surface area contributed by atoms with Gasteiger partial charge in [0.25, 0.3) is 0 Å². The minimum absolute atomic E-state index is 0.00377. The van der Waals surface area contributed by atoms with E-state index in [4.69, 9.17) is 15.7 Å². The average molecular weight is 229 g/mol. The molecule has 16 heavy (non-hydrogen) atoms. The van der Waals surface area contributed by atoms with Crippen LogP contribution in [0.15, 0.2) is 5.16 Å². The fourth-order valence-electron chi connectivity index (χ4n) is 1.74. The van der Waals surface area contributed by atoms with Crippen molar-refractivity contribution in [1.82, 2.24) is 5.32 Å². The van der Waals surface area contributed by atoms with Crippen molar-refractivity contribution in [3.63, 3.8) is 0 Å². The second-order valence-corrected chi connectivity index (χ2v) is 3.96. The zero-order chi connectivity index (χ0) is 12.0. The predicted octanol–water partition coefficient (Wildman–Crippen LogP) is 0.0542. The van der Waals surface area contributed by atoms with E-state index in [0.29, 0.717) is 26.0 Å². The number of oxime groups is 1. The van der Waals surface area contributed by atoms with E-state index in [0.717, 1.165) is 6.42 Å². The number of rotatable bonds is 5. The first-order valence-electron chi connectivity index (χ1n) is 5.51. The van der Waals surface area contributed by atoms with Crippen LogP contribution in [-0.2, 0) is 9.53 Å². The first-order chi connectivity index (χ1) is 7.65. The van der Waals surface area contributed by atoms with Gasteiger partial charge in [-0.2, -0.15) is 0 Å². The molecule has 1 amide bonds. The number of nitrogens with zero attached hydrogens (tertiary/aromatic N) is 1. The van der Waals surface area contributed by atoms with E-state index < -0.39 is 0 Å². The molecule has 2 unspecified atom stereocenters. The summed E-state index contributed by atoms with van der Waals surface area (Å²) in [6.07, 6.45) is 1.94. The van der Waals surface area contributed by atoms with Crippen LogP contribution in [0.1, 0.15) is 26.2 Å². The Bertz CT molecular complexity index is 268. The highest BCUT2D eigenvalue weighted by Crippen LogP contribution is 2.20. The highest BCUT2D eigenvalue weighted by molar-refractivity contribution is 5.80. The smallest absolute Gasteiger partial charge is 0.225 e. The molecule has 0 aromatic rings. The Balaban J connectivity index is 2.15. The number of amidine groups is 1. The molecular weight excluding hydrogens is 210 g/mol. The van der Waals surface area contributed by atoms with E-state index in [-0.39, 0.29) is 23.8 Å². The molecule has 92 valence electrons. The summed E-state index contributed by atoms with van der Waals surface area (Å²) in [7, 11) is 0. The summed E-state index contributed by atoms with van der Waals surface area (Å²) in [5.74, 6) is 0.181. The normalized spacial score (nSPS) is 25.7. The van der Waals surface area contributed by atoms with Gasteiger partial charge in [-0.05, 0) is 19.8 Å². The molecule has 0 aromatic carbocycles. The quantitative estimate of drug-likeness (QED) is 0.204. The second kappa shape index (κ2) is 6.32. The molecule has 6 nitrogen and oxygen atoms in total. The summed E-state index contributed by atoms with van der Waals surface area (Å²) < 4.78 is 5.32. The third kappa shape index (κ3) is 3.69. The molecule has 0 saturated carbocycles. The zero-order valence-corrected chi connectivity index (χ0v) is 9.48. The Morgan fingerprint density at radius 2 is 2.44 bits per heavy atom. The molecule has 0 spiro atoms. The molecule has 1 saturated heterocycles. The number of amides is 1. The first-order valence-corrected chi connectivity index (χ1v) is 5.51. The van der Waals surface area contributed by atoms with Gasteiger partial charge in [0.05, 0.1) is 12.0 Å². The molecule has 1 aliphatic heterocycles. The maximum absolute atomic E-state index is 11.7. The Labute approximate surface area is 94.8 Å². The summed E-state index contributed by atoms with van der Waals surface area (Å²) in [4.78, 5) is 11.7. The monoisotopic (exact) mass is 229 g/mol. The van der Waals surface area contributed by atoms with Gasteiger partial charge in [-0.1, -0.05) is 5.16 Å². The lowest BCUT2D eigenvalue weighted by Gasteiger charge is -2.13. The molecule has 0 aliphatic carbocycles. The van der Waals surface area contributed by atoms with Gasteiger partial charge in [-0.15, -0.1) is 0 Å². The van der Waals surface area contributed by atoms with Crippen molar-refractivity contribution in [2.75, 3.05) is 13.2 Å². The van der Waals surface area contributed by atoms with Crippen LogP contribution in [0.25, 0.3) is 0 Å². The SMILES string of the molecule is CC1OCCC1C(=O)NCCCC(N)=NO. The molecular formula is C10H19N3O3. The van der Waals surface area contributed by atoms with Gasteiger partial charge in [-0.25, -0.2) is 0 Å². The van der Waals surface area contributed by atoms with E-state index in [1.165, 1.54) is 0 Å². The molecule has 1 fully saturated rings. The molecule has 1 heterocycles. The van der Waals surface area contributed by atoms with E-state index in [2.05, 4.69) is 10.5 Å². The van der Waals surface area contributed by atoms with E-state index in [1.807, 2.05) is 6.92 Å². The van der Waals surface area contributed by atoms with Crippen LogP contribution < -0.4 is 11.1 Å². The third-order valence-electron chi connectivity index (χ3n) is 2.75. The topological polar surface area (TPSA) is 96.9 Å². The molecule has 1 rings (SSSR count). The summed E-state index contributed by atoms with van der Waals surface area (Å²) in [5, 5.41) is 14.0. The van der Waals surface area contributed by atoms with Crippen molar-refractivity contribution in [3.05, 3.63) is 0 Å². The fraction of sp³-hybridized carbons (Fsp3) is 0.800. The van der Waals surface area contributed by atoms with Gasteiger partial charge in [0.15, 0.2) is 0 Å². The minimum Gasteiger partial charge on any atom is -0.409 e. The molecule has 0 radical (unpaired) electrons. The highest BCUT2D eigenvalue weighted by Gasteiger charge is 2.30. The zero-order valence-electron chi connectivity index (χ0n) is 9.48. The maximum Gasteiger partial charge on any atom is 0.225 e. The van der Waals surface area contributed by atoms with Gasteiger partial charge >= 0.3 is 0 Å². The lowest BCUT2D eigenvalue weighted by atomic mass is 10.0. The van der Waals surface area contributed by atoms with Crippen molar-refractivity contribution < 1.29 is 14.7 Å². The molecule has 2 atom stereocenters. The Kier molecular flexibility index (Phi) is 5.04. The van der Waals surface area contributed by atoms with Crippen molar-refractivity contribution in [2.24, 2.45) is 16.8 Å². The molecule has 1 aliphatic rings. The Morgan fingerprint density at radius 1 is 1.69 bits per heavy atom. The Morgan fingerprint density at radius 3 is 3.00 bits per heavy atom. The van der Waals surface area contributed by atoms with Crippen LogP contribution in [0.3, 0.4) is 0 Å². The number of nitrogens with two attached hydrogens (primary N) is 1. The van der Waals surface area contributed by atoms with Crippen LogP contribution in [-0.4, -0.2) is 36.2 Å². The predicted molar refractivity (Wildman–Crippen MR) is 59.2 cm³/mol. The fourth-order valence-corrected chi connectivity index (χ4v) is 1.74. The molecule has 4 N–H and O–H groups in total. The van der Waals surface area contributed by atoms with Crippen LogP contribution in [0.2, 0.25) is 0 Å². The maximum atomic E-state index is 11.7. The van der Waals surface area contributed by atoms with Crippen LogP contribution in [0, 0.1) is 5.92 Å². The minimum atomic E-state index is -0.0381. The van der Waals surface area contributed by atoms with Crippen molar-refractivity contribution in [3.8, 4) is 0 Å². The lowest BCUT2D eigenvalue weighted by Crippen LogP contribution is -2.35. The van der Waals surface area contributed by atoms with E-state index in [9.17, 15) is 4.79 Å². The van der Waals surface area contributed by atoms with Crippen molar-refractivity contribution in [1.29, 1.82) is 0 Å². The van der Waals surface area contributed by atoms with Crippen LogP contribution >= 0.6 is 0 Å². The third-order valence-corrected chi connectivity index (χ3v) is 2.75. The number of carbonyl (C=O) groups is 1. The number of ether oxygens (including phenoxy) is 1. The Hall–Kier alpha value is -1.30. The second-order valence-electron chi connectivity index (χ2n) is 3.96. The van der Waals surface area contributed by atoms with E-state index in [1.54, 1.807) is 0 Å². The summed E-state index contributed by atoms with van der Waals surface area (Å²) in [6, 6.07) is 0. The summed E-state index contributed by atoms with van der Waals surface area (Å²) >= 11 is 0. The summed E-state index contributed by atoms with van der Waals surface area (Å²) in [6.45, 7) is 3.11. The van der Waals surface area contributed by atoms with Crippen molar-refractivity contribution >= 4 is 11.7 Å². The van der Waals surface area contributed by atoms with Crippen LogP contribution in [0.5, 0.6) is 0 Å². The van der Waals surface area contributed by atoms with Gasteiger partial charge in [0.2, 0.25) is 5.91 Å². The number of nitrogens with one attached hydrogen (secondary N) is 1. The highest BCUT2D eigenvalue weighted by atomic mass is 16.5. The number of hydrogen-bond acceptors (Lipinski definition) is 4. The number of hydrogen-bond donors (Lipinski definition) is 3. The average Bonchev–Trinajstić information content (AvgIpc) is 2.70. The van der Waals surface area contributed by atoms with Gasteiger partial charge in [0, 0.05) is 19.6 Å². The van der Waals surface area contributed by atoms with Crippen molar-refractivity contribution in [2.45, 2.75) is 32.3 Å². The molecule has 0 bridgehead atoms. The first kappa shape index (κ1) is 12.8. The molecule has 0 aromatic heterocycles.